The number of hydrogen-bond donors (Lipinski definition) is 2. The maximum atomic E-state index is 12.0. The summed E-state index contributed by atoms with van der Waals surface area (Å²) in [6.45, 7) is 7.20. The van der Waals surface area contributed by atoms with Gasteiger partial charge in [0.05, 0.1) is 4.90 Å². The van der Waals surface area contributed by atoms with Crippen LogP contribution in [0.25, 0.3) is 0 Å². The van der Waals surface area contributed by atoms with Gasteiger partial charge in [-0.3, -0.25) is 0 Å². The summed E-state index contributed by atoms with van der Waals surface area (Å²) >= 11 is 0. The molecule has 0 heterocycles. The number of rotatable bonds is 7. The minimum absolute atomic E-state index is 0.363. The molecule has 0 aromatic heterocycles. The molecule has 0 aliphatic heterocycles. The van der Waals surface area contributed by atoms with E-state index in [1.165, 1.54) is 0 Å². The fraction of sp³-hybridized carbons (Fsp3) is 0.538. The predicted octanol–water partition coefficient (Wildman–Crippen LogP) is 1.66. The van der Waals surface area contributed by atoms with Crippen molar-refractivity contribution in [1.29, 1.82) is 0 Å². The van der Waals surface area contributed by atoms with E-state index >= 15 is 0 Å². The Hall–Kier alpha value is -0.910. The van der Waals surface area contributed by atoms with Gasteiger partial charge < -0.3 is 5.32 Å². The minimum Gasteiger partial charge on any atom is -0.314 e. The molecule has 0 unspecified atom stereocenters. The molecule has 0 aliphatic rings. The van der Waals surface area contributed by atoms with E-state index < -0.39 is 10.0 Å². The quantitative estimate of drug-likeness (QED) is 0.741. The Labute approximate surface area is 110 Å². The van der Waals surface area contributed by atoms with Crippen molar-refractivity contribution < 1.29 is 8.42 Å². The lowest BCUT2D eigenvalue weighted by Gasteiger charge is -2.10. The minimum atomic E-state index is -3.37. The summed E-state index contributed by atoms with van der Waals surface area (Å²) in [5.74, 6) is 0. The lowest BCUT2D eigenvalue weighted by Crippen LogP contribution is -2.30. The van der Waals surface area contributed by atoms with Crippen LogP contribution in [0.1, 0.15) is 25.8 Å². The Morgan fingerprint density at radius 1 is 1.17 bits per heavy atom. The fourth-order valence-electron chi connectivity index (χ4n) is 1.62. The molecule has 0 saturated carbocycles. The maximum absolute atomic E-state index is 12.0. The summed E-state index contributed by atoms with van der Waals surface area (Å²) in [5.41, 5.74) is 0.769. The van der Waals surface area contributed by atoms with Gasteiger partial charge in [-0.05, 0) is 31.5 Å². The molecule has 5 heteroatoms. The highest BCUT2D eigenvalue weighted by Crippen LogP contribution is 2.13. The molecule has 1 rings (SSSR count). The zero-order valence-corrected chi connectivity index (χ0v) is 12.0. The molecule has 2 N–H and O–H groups in total. The standard InChI is InChI=1S/C13H22N2O2S/c1-11(2)14-9-6-10-15-18(16,17)13-8-5-4-7-12(13)3/h4-5,7-8,11,14-15H,6,9-10H2,1-3H3. The van der Waals surface area contributed by atoms with Crippen LogP contribution in [0.2, 0.25) is 0 Å². The van der Waals surface area contributed by atoms with Crippen LogP contribution in [0.3, 0.4) is 0 Å². The molecule has 0 spiro atoms. The van der Waals surface area contributed by atoms with Gasteiger partial charge in [-0.2, -0.15) is 0 Å². The zero-order chi connectivity index (χ0) is 13.6. The van der Waals surface area contributed by atoms with Crippen LogP contribution in [0.15, 0.2) is 29.2 Å². The maximum Gasteiger partial charge on any atom is 0.240 e. The summed E-state index contributed by atoms with van der Waals surface area (Å²) in [5, 5.41) is 3.25. The summed E-state index contributed by atoms with van der Waals surface area (Å²) in [7, 11) is -3.37. The van der Waals surface area contributed by atoms with Crippen LogP contribution in [-0.2, 0) is 10.0 Å². The van der Waals surface area contributed by atoms with Crippen molar-refractivity contribution in [2.24, 2.45) is 0 Å². The molecule has 1 aromatic rings. The summed E-state index contributed by atoms with van der Waals surface area (Å²) in [6.07, 6.45) is 0.781. The van der Waals surface area contributed by atoms with Crippen molar-refractivity contribution in [2.45, 2.75) is 38.1 Å². The molecule has 0 bridgehead atoms. The van der Waals surface area contributed by atoms with Crippen LogP contribution in [-0.4, -0.2) is 27.5 Å². The first kappa shape index (κ1) is 15.1. The van der Waals surface area contributed by atoms with Crippen molar-refractivity contribution in [1.82, 2.24) is 10.0 Å². The topological polar surface area (TPSA) is 58.2 Å². The van der Waals surface area contributed by atoms with E-state index in [-0.39, 0.29) is 0 Å². The first-order chi connectivity index (χ1) is 8.43. The van der Waals surface area contributed by atoms with E-state index in [0.29, 0.717) is 17.5 Å². The highest BCUT2D eigenvalue weighted by molar-refractivity contribution is 7.89. The summed E-state index contributed by atoms with van der Waals surface area (Å²) in [6, 6.07) is 7.43. The smallest absolute Gasteiger partial charge is 0.240 e. The molecule has 0 saturated heterocycles. The first-order valence-electron chi connectivity index (χ1n) is 6.22. The van der Waals surface area contributed by atoms with Crippen molar-refractivity contribution in [2.75, 3.05) is 13.1 Å². The second-order valence-electron chi connectivity index (χ2n) is 4.63. The summed E-state index contributed by atoms with van der Waals surface area (Å²) in [4.78, 5) is 0.363. The van der Waals surface area contributed by atoms with E-state index in [4.69, 9.17) is 0 Å². The summed E-state index contributed by atoms with van der Waals surface area (Å²) < 4.78 is 26.7. The SMILES string of the molecule is Cc1ccccc1S(=O)(=O)NCCCNC(C)C. The van der Waals surface area contributed by atoms with Crippen LogP contribution in [0, 0.1) is 6.92 Å². The first-order valence-corrected chi connectivity index (χ1v) is 7.70. The van der Waals surface area contributed by atoms with Gasteiger partial charge in [0.2, 0.25) is 10.0 Å². The third-order valence-corrected chi connectivity index (χ3v) is 4.20. The average Bonchev–Trinajstić information content (AvgIpc) is 2.28. The largest absolute Gasteiger partial charge is 0.314 e. The molecule has 0 atom stereocenters. The highest BCUT2D eigenvalue weighted by Gasteiger charge is 2.14. The average molecular weight is 270 g/mol. The van der Waals surface area contributed by atoms with Crippen LogP contribution < -0.4 is 10.0 Å². The number of sulfonamides is 1. The fourth-order valence-corrected chi connectivity index (χ4v) is 2.94. The van der Waals surface area contributed by atoms with Crippen molar-refractivity contribution in [3.8, 4) is 0 Å². The molecule has 4 nitrogen and oxygen atoms in total. The Balaban J connectivity index is 2.49. The van der Waals surface area contributed by atoms with Gasteiger partial charge in [0.25, 0.3) is 0 Å². The Morgan fingerprint density at radius 2 is 1.83 bits per heavy atom. The van der Waals surface area contributed by atoms with Crippen LogP contribution in [0.5, 0.6) is 0 Å². The molecular weight excluding hydrogens is 248 g/mol. The number of aryl methyl sites for hydroxylation is 1. The van der Waals surface area contributed by atoms with Crippen LogP contribution >= 0.6 is 0 Å². The Bertz CT molecular complexity index is 470. The zero-order valence-electron chi connectivity index (χ0n) is 11.2. The molecule has 0 radical (unpaired) electrons. The van der Waals surface area contributed by atoms with Crippen molar-refractivity contribution in [3.05, 3.63) is 29.8 Å². The lowest BCUT2D eigenvalue weighted by atomic mass is 10.2. The lowest BCUT2D eigenvalue weighted by molar-refractivity contribution is 0.554. The molecule has 18 heavy (non-hydrogen) atoms. The Kier molecular flexibility index (Phi) is 5.78. The number of benzene rings is 1. The van der Waals surface area contributed by atoms with Crippen LogP contribution in [0.4, 0.5) is 0 Å². The molecular formula is C13H22N2O2S. The van der Waals surface area contributed by atoms with Gasteiger partial charge in [0, 0.05) is 12.6 Å². The normalized spacial score (nSPS) is 12.0. The molecule has 1 aromatic carbocycles. The van der Waals surface area contributed by atoms with Gasteiger partial charge in [-0.1, -0.05) is 32.0 Å². The molecule has 102 valence electrons. The molecule has 0 fully saturated rings. The predicted molar refractivity (Wildman–Crippen MR) is 74.1 cm³/mol. The second-order valence-corrected chi connectivity index (χ2v) is 6.36. The van der Waals surface area contributed by atoms with Gasteiger partial charge in [-0.25, -0.2) is 13.1 Å². The third kappa shape index (κ3) is 4.76. The van der Waals surface area contributed by atoms with E-state index in [1.54, 1.807) is 25.1 Å². The second kappa shape index (κ2) is 6.87. The van der Waals surface area contributed by atoms with Crippen molar-refractivity contribution >= 4 is 10.0 Å². The van der Waals surface area contributed by atoms with E-state index in [2.05, 4.69) is 23.9 Å². The molecule has 0 amide bonds. The van der Waals surface area contributed by atoms with Crippen molar-refractivity contribution in [3.63, 3.8) is 0 Å². The van der Waals surface area contributed by atoms with Gasteiger partial charge in [0.15, 0.2) is 0 Å². The highest BCUT2D eigenvalue weighted by atomic mass is 32.2. The van der Waals surface area contributed by atoms with E-state index in [1.807, 2.05) is 6.07 Å². The van der Waals surface area contributed by atoms with E-state index in [0.717, 1.165) is 18.5 Å². The van der Waals surface area contributed by atoms with Gasteiger partial charge >= 0.3 is 0 Å². The van der Waals surface area contributed by atoms with Gasteiger partial charge in [-0.15, -0.1) is 0 Å². The van der Waals surface area contributed by atoms with Gasteiger partial charge in [0.1, 0.15) is 0 Å². The monoisotopic (exact) mass is 270 g/mol. The molecule has 0 aliphatic carbocycles. The Morgan fingerprint density at radius 3 is 2.44 bits per heavy atom. The van der Waals surface area contributed by atoms with E-state index in [9.17, 15) is 8.42 Å². The third-order valence-electron chi connectivity index (χ3n) is 2.58. The number of hydrogen-bond acceptors (Lipinski definition) is 3. The number of nitrogens with one attached hydrogen (secondary N) is 2.